The molecular weight excluding hydrogens is 405 g/mol. The first kappa shape index (κ1) is 21.6. The molecule has 0 amide bonds. The summed E-state index contributed by atoms with van der Waals surface area (Å²) in [6.07, 6.45) is -4.51. The Balaban J connectivity index is 1.65. The number of sulfonamides is 1. The number of nitrogens with zero attached hydrogens (tertiary/aromatic N) is 2. The van der Waals surface area contributed by atoms with Gasteiger partial charge in [-0.1, -0.05) is 30.3 Å². The number of benzene rings is 2. The minimum absolute atomic E-state index is 0.106. The molecule has 0 atom stereocenters. The SMILES string of the molecule is CN(Cc1ccc(N2CCOCC2)cc1)S(=O)(=O)Cc1cccc(C(F)(F)F)c1. The minimum atomic E-state index is -4.51. The lowest BCUT2D eigenvalue weighted by atomic mass is 10.1. The topological polar surface area (TPSA) is 49.9 Å². The van der Waals surface area contributed by atoms with Crippen LogP contribution in [0.15, 0.2) is 48.5 Å². The van der Waals surface area contributed by atoms with Gasteiger partial charge in [-0.25, -0.2) is 12.7 Å². The number of morpholine rings is 1. The molecule has 0 unspecified atom stereocenters. The first-order chi connectivity index (χ1) is 13.6. The van der Waals surface area contributed by atoms with Crippen LogP contribution in [0.5, 0.6) is 0 Å². The van der Waals surface area contributed by atoms with Crippen LogP contribution in [0.4, 0.5) is 18.9 Å². The molecule has 1 fully saturated rings. The lowest BCUT2D eigenvalue weighted by Gasteiger charge is -2.29. The van der Waals surface area contributed by atoms with Crippen LogP contribution in [0.2, 0.25) is 0 Å². The van der Waals surface area contributed by atoms with Gasteiger partial charge in [-0.15, -0.1) is 0 Å². The molecule has 158 valence electrons. The van der Waals surface area contributed by atoms with E-state index in [4.69, 9.17) is 4.74 Å². The van der Waals surface area contributed by atoms with Gasteiger partial charge in [0.1, 0.15) is 0 Å². The zero-order chi connectivity index (χ0) is 21.1. The summed E-state index contributed by atoms with van der Waals surface area (Å²) >= 11 is 0. The molecule has 1 aliphatic rings. The average molecular weight is 428 g/mol. The molecule has 0 aromatic heterocycles. The normalized spacial score (nSPS) is 15.7. The summed E-state index contributed by atoms with van der Waals surface area (Å²) in [5.41, 5.74) is 1.10. The van der Waals surface area contributed by atoms with E-state index in [9.17, 15) is 21.6 Å². The van der Waals surface area contributed by atoms with Gasteiger partial charge in [-0.2, -0.15) is 13.2 Å². The number of rotatable bonds is 6. The Morgan fingerprint density at radius 2 is 1.69 bits per heavy atom. The van der Waals surface area contributed by atoms with Crippen molar-refractivity contribution in [2.24, 2.45) is 0 Å². The molecule has 0 spiro atoms. The standard InChI is InChI=1S/C20H23F3N2O3S/c1-24(14-16-5-7-19(8-6-16)25-9-11-28-12-10-25)29(26,27)15-17-3-2-4-18(13-17)20(21,22)23/h2-8,13H,9-12,14-15H2,1H3. The van der Waals surface area contributed by atoms with E-state index < -0.39 is 27.5 Å². The largest absolute Gasteiger partial charge is 0.416 e. The van der Waals surface area contributed by atoms with Crippen molar-refractivity contribution in [1.82, 2.24) is 4.31 Å². The monoisotopic (exact) mass is 428 g/mol. The van der Waals surface area contributed by atoms with Crippen LogP contribution in [-0.2, 0) is 33.2 Å². The van der Waals surface area contributed by atoms with Crippen molar-refractivity contribution in [2.75, 3.05) is 38.3 Å². The van der Waals surface area contributed by atoms with Crippen LogP contribution in [0.25, 0.3) is 0 Å². The second-order valence-electron chi connectivity index (χ2n) is 6.98. The highest BCUT2D eigenvalue weighted by Crippen LogP contribution is 2.30. The maximum atomic E-state index is 12.8. The molecule has 2 aromatic carbocycles. The quantitative estimate of drug-likeness (QED) is 0.707. The first-order valence-corrected chi connectivity index (χ1v) is 10.8. The molecule has 1 heterocycles. The van der Waals surface area contributed by atoms with Crippen molar-refractivity contribution in [3.8, 4) is 0 Å². The lowest BCUT2D eigenvalue weighted by molar-refractivity contribution is -0.137. The van der Waals surface area contributed by atoms with Crippen molar-refractivity contribution in [1.29, 1.82) is 0 Å². The molecule has 5 nitrogen and oxygen atoms in total. The van der Waals surface area contributed by atoms with Crippen molar-refractivity contribution in [3.05, 3.63) is 65.2 Å². The summed E-state index contributed by atoms with van der Waals surface area (Å²) in [5, 5.41) is 0. The highest BCUT2D eigenvalue weighted by Gasteiger charge is 2.31. The van der Waals surface area contributed by atoms with Crippen molar-refractivity contribution in [2.45, 2.75) is 18.5 Å². The van der Waals surface area contributed by atoms with Crippen LogP contribution >= 0.6 is 0 Å². The number of halogens is 3. The third-order valence-electron chi connectivity index (χ3n) is 4.80. The maximum absolute atomic E-state index is 12.8. The van der Waals surface area contributed by atoms with Gasteiger partial charge < -0.3 is 9.64 Å². The summed E-state index contributed by atoms with van der Waals surface area (Å²) in [6.45, 7) is 3.12. The summed E-state index contributed by atoms with van der Waals surface area (Å²) in [5.74, 6) is -0.487. The third kappa shape index (κ3) is 5.71. The van der Waals surface area contributed by atoms with Gasteiger partial charge in [-0.3, -0.25) is 0 Å². The maximum Gasteiger partial charge on any atom is 0.416 e. The van der Waals surface area contributed by atoms with Crippen molar-refractivity contribution < 1.29 is 26.3 Å². The highest BCUT2D eigenvalue weighted by atomic mass is 32.2. The fraction of sp³-hybridized carbons (Fsp3) is 0.400. The van der Waals surface area contributed by atoms with E-state index in [0.29, 0.717) is 13.2 Å². The van der Waals surface area contributed by atoms with E-state index in [1.54, 1.807) is 0 Å². The molecule has 0 radical (unpaired) electrons. The van der Waals surface area contributed by atoms with Gasteiger partial charge >= 0.3 is 6.18 Å². The minimum Gasteiger partial charge on any atom is -0.378 e. The summed E-state index contributed by atoms with van der Waals surface area (Å²) in [7, 11) is -2.34. The predicted molar refractivity (Wildman–Crippen MR) is 105 cm³/mol. The average Bonchev–Trinajstić information content (AvgIpc) is 2.68. The summed E-state index contributed by atoms with van der Waals surface area (Å²) < 4.78 is 70.2. The number of hydrogen-bond acceptors (Lipinski definition) is 4. The Morgan fingerprint density at radius 1 is 1.03 bits per heavy atom. The van der Waals surface area contributed by atoms with E-state index in [-0.39, 0.29) is 12.1 Å². The Hall–Kier alpha value is -2.10. The van der Waals surface area contributed by atoms with Crippen molar-refractivity contribution >= 4 is 15.7 Å². The molecule has 1 aliphatic heterocycles. The second kappa shape index (κ2) is 8.73. The van der Waals surface area contributed by atoms with Crippen molar-refractivity contribution in [3.63, 3.8) is 0 Å². The van der Waals surface area contributed by atoms with Gasteiger partial charge in [0, 0.05) is 32.4 Å². The molecular formula is C20H23F3N2O3S. The number of alkyl halides is 3. The molecule has 0 bridgehead atoms. The molecule has 0 N–H and O–H groups in total. The molecule has 9 heteroatoms. The molecule has 0 aliphatic carbocycles. The molecule has 1 saturated heterocycles. The van der Waals surface area contributed by atoms with Gasteiger partial charge in [0.25, 0.3) is 0 Å². The smallest absolute Gasteiger partial charge is 0.378 e. The van der Waals surface area contributed by atoms with Crippen LogP contribution in [-0.4, -0.2) is 46.1 Å². The van der Waals surface area contributed by atoms with E-state index in [1.807, 2.05) is 24.3 Å². The Labute approximate surface area is 168 Å². The van der Waals surface area contributed by atoms with E-state index in [2.05, 4.69) is 4.90 Å². The van der Waals surface area contributed by atoms with Crippen LogP contribution < -0.4 is 4.90 Å². The molecule has 3 rings (SSSR count). The van der Waals surface area contributed by atoms with Gasteiger partial charge in [0.2, 0.25) is 10.0 Å². The zero-order valence-corrected chi connectivity index (χ0v) is 16.8. The van der Waals surface area contributed by atoms with E-state index >= 15 is 0 Å². The van der Waals surface area contributed by atoms with Gasteiger partial charge in [0.05, 0.1) is 24.5 Å². The first-order valence-electron chi connectivity index (χ1n) is 9.17. The van der Waals surface area contributed by atoms with E-state index in [0.717, 1.165) is 40.8 Å². The van der Waals surface area contributed by atoms with Crippen LogP contribution in [0.1, 0.15) is 16.7 Å². The number of hydrogen-bond donors (Lipinski definition) is 0. The number of ether oxygens (including phenoxy) is 1. The van der Waals surface area contributed by atoms with Gasteiger partial charge in [0.15, 0.2) is 0 Å². The van der Waals surface area contributed by atoms with E-state index in [1.165, 1.54) is 19.2 Å². The Morgan fingerprint density at radius 3 is 2.31 bits per heavy atom. The van der Waals surface area contributed by atoms with Crippen LogP contribution in [0, 0.1) is 0 Å². The third-order valence-corrected chi connectivity index (χ3v) is 6.57. The Kier molecular flexibility index (Phi) is 6.50. The fourth-order valence-electron chi connectivity index (χ4n) is 3.15. The highest BCUT2D eigenvalue weighted by molar-refractivity contribution is 7.88. The summed E-state index contributed by atoms with van der Waals surface area (Å²) in [4.78, 5) is 2.20. The lowest BCUT2D eigenvalue weighted by Crippen LogP contribution is -2.36. The second-order valence-corrected chi connectivity index (χ2v) is 9.05. The predicted octanol–water partition coefficient (Wildman–Crippen LogP) is 3.50. The fourth-order valence-corrected chi connectivity index (χ4v) is 4.31. The molecule has 29 heavy (non-hydrogen) atoms. The molecule has 0 saturated carbocycles. The zero-order valence-electron chi connectivity index (χ0n) is 16.0. The summed E-state index contributed by atoms with van der Waals surface area (Å²) in [6, 6.07) is 12.0. The molecule has 2 aromatic rings. The van der Waals surface area contributed by atoms with Gasteiger partial charge in [-0.05, 0) is 29.3 Å². The van der Waals surface area contributed by atoms with Crippen LogP contribution in [0.3, 0.4) is 0 Å². The Bertz CT molecular complexity index is 925. The number of anilines is 1.